The van der Waals surface area contributed by atoms with Crippen molar-refractivity contribution in [3.05, 3.63) is 101 Å². The van der Waals surface area contributed by atoms with E-state index in [-0.39, 0.29) is 44.1 Å². The van der Waals surface area contributed by atoms with Crippen molar-refractivity contribution in [2.45, 2.75) is 97.5 Å². The minimum absolute atomic E-state index is 0.0385. The number of hydrogen-bond donors (Lipinski definition) is 1. The van der Waals surface area contributed by atoms with Gasteiger partial charge in [-0.3, -0.25) is 4.79 Å². The molecule has 52 heavy (non-hydrogen) atoms. The third kappa shape index (κ3) is 7.39. The highest BCUT2D eigenvalue weighted by molar-refractivity contribution is 7.92. The molecule has 3 aromatic carbocycles. The SMILES string of the molecule is O=C(N[C@H]1CC[C@@](c2ccc(C(OCc3c(F)cccc3F)(C(F)(F)F)C(F)(F)F)cc2)(S(=O)(=O)c2ccc(F)cc2)CC1)C1CCC(F)(F)CC1. The lowest BCUT2D eigenvalue weighted by atomic mass is 9.79. The van der Waals surface area contributed by atoms with E-state index in [4.69, 9.17) is 0 Å². The topological polar surface area (TPSA) is 72.5 Å². The zero-order valence-corrected chi connectivity index (χ0v) is 27.9. The predicted octanol–water partition coefficient (Wildman–Crippen LogP) is 9.19. The highest BCUT2D eigenvalue weighted by atomic mass is 32.2. The summed E-state index contributed by atoms with van der Waals surface area (Å²) in [7, 11) is -4.56. The first-order valence-electron chi connectivity index (χ1n) is 16.1. The van der Waals surface area contributed by atoms with Crippen LogP contribution >= 0.6 is 0 Å². The van der Waals surface area contributed by atoms with Gasteiger partial charge in [-0.2, -0.15) is 26.3 Å². The number of halogens is 11. The van der Waals surface area contributed by atoms with E-state index in [0.717, 1.165) is 42.5 Å². The van der Waals surface area contributed by atoms with Gasteiger partial charge in [0, 0.05) is 35.9 Å². The summed E-state index contributed by atoms with van der Waals surface area (Å²) in [5.74, 6) is -7.75. The lowest BCUT2D eigenvalue weighted by Gasteiger charge is -2.41. The van der Waals surface area contributed by atoms with Gasteiger partial charge in [-0.15, -0.1) is 0 Å². The Bertz CT molecular complexity index is 1810. The zero-order chi connectivity index (χ0) is 38.3. The number of carbonyl (C=O) groups excluding carboxylic acids is 1. The van der Waals surface area contributed by atoms with Crippen molar-refractivity contribution in [3.63, 3.8) is 0 Å². The molecule has 0 unspecified atom stereocenters. The van der Waals surface area contributed by atoms with Gasteiger partial charge in [0.25, 0.3) is 5.60 Å². The first-order valence-corrected chi connectivity index (χ1v) is 17.6. The largest absolute Gasteiger partial charge is 0.430 e. The normalized spacial score (nSPS) is 21.9. The molecule has 284 valence electrons. The van der Waals surface area contributed by atoms with Gasteiger partial charge in [0.1, 0.15) is 22.2 Å². The molecular weight excluding hydrogens is 739 g/mol. The Morgan fingerprint density at radius 3 is 1.77 bits per heavy atom. The number of sulfone groups is 1. The van der Waals surface area contributed by atoms with Gasteiger partial charge in [-0.1, -0.05) is 30.3 Å². The van der Waals surface area contributed by atoms with Crippen LogP contribution in [0, 0.1) is 23.4 Å². The second-order valence-electron chi connectivity index (χ2n) is 13.1. The number of carbonyl (C=O) groups is 1. The van der Waals surface area contributed by atoms with Crippen LogP contribution < -0.4 is 5.32 Å². The minimum atomic E-state index is -6.24. The Morgan fingerprint density at radius 2 is 1.27 bits per heavy atom. The number of rotatable bonds is 9. The average molecular weight is 772 g/mol. The van der Waals surface area contributed by atoms with Crippen LogP contribution in [0.15, 0.2) is 71.6 Å². The summed E-state index contributed by atoms with van der Waals surface area (Å²) in [6.45, 7) is -1.78. The number of alkyl halides is 8. The van der Waals surface area contributed by atoms with Crippen molar-refractivity contribution in [2.24, 2.45) is 5.92 Å². The third-order valence-corrected chi connectivity index (χ3v) is 12.5. The number of amides is 1. The Kier molecular flexibility index (Phi) is 10.8. The number of nitrogens with one attached hydrogen (secondary N) is 1. The van der Waals surface area contributed by atoms with E-state index in [1.54, 1.807) is 0 Å². The fourth-order valence-corrected chi connectivity index (χ4v) is 9.16. The molecule has 0 atom stereocenters. The van der Waals surface area contributed by atoms with Crippen LogP contribution in [0.25, 0.3) is 0 Å². The van der Waals surface area contributed by atoms with Crippen LogP contribution in [0.3, 0.4) is 0 Å². The lowest BCUT2D eigenvalue weighted by Crippen LogP contribution is -2.56. The Labute approximate surface area is 291 Å². The van der Waals surface area contributed by atoms with Gasteiger partial charge in [-0.25, -0.2) is 30.4 Å². The van der Waals surface area contributed by atoms with E-state index < -0.39 is 109 Å². The molecule has 2 fully saturated rings. The summed E-state index contributed by atoms with van der Waals surface area (Å²) in [6.07, 6.45) is -14.2. The molecule has 2 saturated carbocycles. The fraction of sp³-hybridized carbons (Fsp3) is 0.457. The molecule has 0 bridgehead atoms. The summed E-state index contributed by atoms with van der Waals surface area (Å²) in [6, 6.07) is 7.38. The van der Waals surface area contributed by atoms with E-state index >= 15 is 0 Å². The maximum absolute atomic E-state index is 14.5. The van der Waals surface area contributed by atoms with Gasteiger partial charge in [0.2, 0.25) is 11.8 Å². The molecule has 1 amide bonds. The Hall–Kier alpha value is -3.73. The van der Waals surface area contributed by atoms with Crippen LogP contribution in [0.2, 0.25) is 0 Å². The van der Waals surface area contributed by atoms with Crippen LogP contribution in [-0.2, 0) is 36.3 Å². The smallest absolute Gasteiger partial charge is 0.353 e. The second kappa shape index (κ2) is 14.3. The molecule has 0 heterocycles. The number of benzene rings is 3. The number of ether oxygens (including phenoxy) is 1. The van der Waals surface area contributed by atoms with E-state index in [1.165, 1.54) is 0 Å². The molecule has 5 rings (SSSR count). The van der Waals surface area contributed by atoms with Crippen molar-refractivity contribution in [1.82, 2.24) is 5.32 Å². The molecular formula is C35H32F11NO4S. The van der Waals surface area contributed by atoms with E-state index in [9.17, 15) is 61.5 Å². The molecule has 0 spiro atoms. The van der Waals surface area contributed by atoms with Gasteiger partial charge >= 0.3 is 12.4 Å². The summed E-state index contributed by atoms with van der Waals surface area (Å²) < 4.78 is 187. The van der Waals surface area contributed by atoms with Gasteiger partial charge in [0.05, 0.1) is 11.5 Å². The van der Waals surface area contributed by atoms with Crippen molar-refractivity contribution in [3.8, 4) is 0 Å². The maximum Gasteiger partial charge on any atom is 0.430 e. The van der Waals surface area contributed by atoms with E-state index in [0.29, 0.717) is 24.3 Å². The molecule has 3 aromatic rings. The average Bonchev–Trinajstić information content (AvgIpc) is 3.05. The molecule has 17 heteroatoms. The van der Waals surface area contributed by atoms with E-state index in [1.807, 2.05) is 0 Å². The van der Waals surface area contributed by atoms with Crippen LogP contribution in [0.4, 0.5) is 48.3 Å². The molecule has 1 N–H and O–H groups in total. The summed E-state index contributed by atoms with van der Waals surface area (Å²) in [5, 5.41) is 2.75. The summed E-state index contributed by atoms with van der Waals surface area (Å²) in [5.41, 5.74) is -8.08. The highest BCUT2D eigenvalue weighted by Gasteiger charge is 2.73. The monoisotopic (exact) mass is 771 g/mol. The van der Waals surface area contributed by atoms with Crippen molar-refractivity contribution >= 4 is 15.7 Å². The van der Waals surface area contributed by atoms with Crippen LogP contribution in [0.5, 0.6) is 0 Å². The first-order chi connectivity index (χ1) is 24.1. The summed E-state index contributed by atoms with van der Waals surface area (Å²) >= 11 is 0. The molecule has 2 aliphatic rings. The lowest BCUT2D eigenvalue weighted by molar-refractivity contribution is -0.392. The minimum Gasteiger partial charge on any atom is -0.353 e. The van der Waals surface area contributed by atoms with Gasteiger partial charge in [-0.05, 0) is 80.5 Å². The predicted molar refractivity (Wildman–Crippen MR) is 164 cm³/mol. The molecule has 5 nitrogen and oxygen atoms in total. The standard InChI is InChI=1S/C35H32F11NO4S/c36-24-8-10-26(11-9-24)52(49,50)31(16-14-25(15-17-31)47-30(48)21-12-18-32(39,40)19-13-21)22-4-6-23(7-5-22)33(34(41,42)43,35(44,45)46)51-20-27-28(37)2-1-3-29(27)38/h1-11,21,25H,12-20H2,(H,47,48)/t25-,31+. The maximum atomic E-state index is 14.5. The van der Waals surface area contributed by atoms with Crippen LogP contribution in [0.1, 0.15) is 68.1 Å². The van der Waals surface area contributed by atoms with Crippen molar-refractivity contribution < 1.29 is 66.2 Å². The second-order valence-corrected chi connectivity index (χ2v) is 15.4. The Morgan fingerprint density at radius 1 is 0.750 bits per heavy atom. The third-order valence-electron chi connectivity index (χ3n) is 9.98. The van der Waals surface area contributed by atoms with Crippen LogP contribution in [-0.4, -0.2) is 38.6 Å². The van der Waals surface area contributed by atoms with E-state index in [2.05, 4.69) is 10.1 Å². The van der Waals surface area contributed by atoms with Gasteiger partial charge < -0.3 is 10.1 Å². The summed E-state index contributed by atoms with van der Waals surface area (Å²) in [4.78, 5) is 12.5. The van der Waals surface area contributed by atoms with Crippen molar-refractivity contribution in [1.29, 1.82) is 0 Å². The quantitative estimate of drug-likeness (QED) is 0.174. The van der Waals surface area contributed by atoms with Crippen molar-refractivity contribution in [2.75, 3.05) is 0 Å². The molecule has 0 aromatic heterocycles. The van der Waals surface area contributed by atoms with Gasteiger partial charge in [0.15, 0.2) is 9.84 Å². The molecule has 2 aliphatic carbocycles. The first kappa shape index (κ1) is 39.5. The Balaban J connectivity index is 1.50. The zero-order valence-electron chi connectivity index (χ0n) is 27.1. The highest BCUT2D eigenvalue weighted by Crippen LogP contribution is 2.54. The fourth-order valence-electron chi connectivity index (χ4n) is 7.00. The molecule has 0 radical (unpaired) electrons. The molecule has 0 aliphatic heterocycles. The molecule has 0 saturated heterocycles. The number of hydrogen-bond acceptors (Lipinski definition) is 4.